The van der Waals surface area contributed by atoms with Crippen LogP contribution >= 0.6 is 0 Å². The van der Waals surface area contributed by atoms with Crippen molar-refractivity contribution < 1.29 is 13.2 Å². The van der Waals surface area contributed by atoms with Gasteiger partial charge in [0.1, 0.15) is 11.9 Å². The van der Waals surface area contributed by atoms with Crippen molar-refractivity contribution in [1.29, 1.82) is 0 Å². The first-order chi connectivity index (χ1) is 8.98. The summed E-state index contributed by atoms with van der Waals surface area (Å²) in [6.45, 7) is 0. The van der Waals surface area contributed by atoms with Crippen molar-refractivity contribution in [2.75, 3.05) is 0 Å². The van der Waals surface area contributed by atoms with E-state index in [1.165, 1.54) is 0 Å². The highest BCUT2D eigenvalue weighted by Crippen LogP contribution is 2.39. The van der Waals surface area contributed by atoms with Gasteiger partial charge in [-0.25, -0.2) is 4.98 Å². The molecule has 1 fully saturated rings. The lowest BCUT2D eigenvalue weighted by Crippen LogP contribution is -2.29. The van der Waals surface area contributed by atoms with Crippen LogP contribution in [0.3, 0.4) is 0 Å². The average molecular weight is 269 g/mol. The van der Waals surface area contributed by atoms with Gasteiger partial charge in [-0.1, -0.05) is 12.5 Å². The number of aromatic nitrogens is 2. The van der Waals surface area contributed by atoms with Crippen molar-refractivity contribution in [2.24, 2.45) is 5.73 Å². The molecule has 0 aromatic carbocycles. The standard InChI is InChI=1S/C13H14F3N3/c14-13(15,16)11(17)10-9-6-1-2-7-19(9)12(18-10)8-4-3-5-8/h1-2,6-8,11H,3-5,17H2. The van der Waals surface area contributed by atoms with E-state index in [-0.39, 0.29) is 11.6 Å². The Hall–Kier alpha value is -1.56. The lowest BCUT2D eigenvalue weighted by molar-refractivity contribution is -0.149. The largest absolute Gasteiger partial charge is 0.409 e. The Kier molecular flexibility index (Phi) is 2.78. The number of halogens is 3. The third-order valence-corrected chi connectivity index (χ3v) is 3.72. The van der Waals surface area contributed by atoms with Crippen LogP contribution < -0.4 is 5.73 Å². The van der Waals surface area contributed by atoms with Gasteiger partial charge in [-0.2, -0.15) is 13.2 Å². The van der Waals surface area contributed by atoms with Crippen molar-refractivity contribution in [2.45, 2.75) is 37.4 Å². The van der Waals surface area contributed by atoms with Gasteiger partial charge >= 0.3 is 6.18 Å². The highest BCUT2D eigenvalue weighted by Gasteiger charge is 2.41. The number of nitrogens with two attached hydrogens (primary N) is 1. The molecule has 19 heavy (non-hydrogen) atoms. The maximum absolute atomic E-state index is 12.8. The third kappa shape index (κ3) is 2.00. The minimum Gasteiger partial charge on any atom is -0.315 e. The van der Waals surface area contributed by atoms with Gasteiger partial charge in [-0.05, 0) is 25.0 Å². The second kappa shape index (κ2) is 4.23. The molecule has 3 nitrogen and oxygen atoms in total. The summed E-state index contributed by atoms with van der Waals surface area (Å²) in [6.07, 6.45) is 0.348. The first-order valence-corrected chi connectivity index (χ1v) is 6.27. The van der Waals surface area contributed by atoms with Crippen LogP contribution in [-0.4, -0.2) is 15.6 Å². The van der Waals surface area contributed by atoms with Crippen LogP contribution in [0.25, 0.3) is 5.52 Å². The van der Waals surface area contributed by atoms with Crippen LogP contribution in [0.4, 0.5) is 13.2 Å². The second-order valence-corrected chi connectivity index (χ2v) is 4.96. The zero-order valence-electron chi connectivity index (χ0n) is 10.2. The monoisotopic (exact) mass is 269 g/mol. The number of pyridine rings is 1. The highest BCUT2D eigenvalue weighted by atomic mass is 19.4. The van der Waals surface area contributed by atoms with E-state index in [2.05, 4.69) is 4.98 Å². The van der Waals surface area contributed by atoms with Gasteiger partial charge < -0.3 is 10.1 Å². The molecule has 0 aliphatic heterocycles. The zero-order chi connectivity index (χ0) is 13.6. The van der Waals surface area contributed by atoms with Crippen molar-refractivity contribution in [1.82, 2.24) is 9.38 Å². The summed E-state index contributed by atoms with van der Waals surface area (Å²) < 4.78 is 40.1. The maximum atomic E-state index is 12.8. The summed E-state index contributed by atoms with van der Waals surface area (Å²) in [6, 6.07) is 3.10. The summed E-state index contributed by atoms with van der Waals surface area (Å²) in [7, 11) is 0. The number of nitrogens with zero attached hydrogens (tertiary/aromatic N) is 2. The fourth-order valence-electron chi connectivity index (χ4n) is 2.42. The van der Waals surface area contributed by atoms with Crippen molar-refractivity contribution in [3.63, 3.8) is 0 Å². The van der Waals surface area contributed by atoms with E-state index in [1.807, 2.05) is 0 Å². The van der Waals surface area contributed by atoms with Crippen LogP contribution in [-0.2, 0) is 0 Å². The minimum absolute atomic E-state index is 0.0741. The molecule has 0 amide bonds. The van der Waals surface area contributed by atoms with Crippen LogP contribution in [0, 0.1) is 0 Å². The Morgan fingerprint density at radius 1 is 1.32 bits per heavy atom. The SMILES string of the molecule is NC(c1nc(C2CCC2)n2ccccc12)C(F)(F)F. The minimum atomic E-state index is -4.47. The van der Waals surface area contributed by atoms with Gasteiger partial charge in [0.25, 0.3) is 0 Å². The maximum Gasteiger partial charge on any atom is 0.409 e. The van der Waals surface area contributed by atoms with E-state index in [0.29, 0.717) is 11.3 Å². The van der Waals surface area contributed by atoms with Gasteiger partial charge in [-0.3, -0.25) is 0 Å². The van der Waals surface area contributed by atoms with Crippen LogP contribution in [0.15, 0.2) is 24.4 Å². The van der Waals surface area contributed by atoms with Crippen LogP contribution in [0.5, 0.6) is 0 Å². The first-order valence-electron chi connectivity index (χ1n) is 6.27. The summed E-state index contributed by atoms with van der Waals surface area (Å²) in [5.74, 6) is 0.959. The molecular formula is C13H14F3N3. The Morgan fingerprint density at radius 2 is 2.05 bits per heavy atom. The molecule has 2 heterocycles. The number of hydrogen-bond donors (Lipinski definition) is 1. The number of hydrogen-bond acceptors (Lipinski definition) is 2. The van der Waals surface area contributed by atoms with E-state index >= 15 is 0 Å². The molecule has 1 unspecified atom stereocenters. The van der Waals surface area contributed by atoms with Gasteiger partial charge in [-0.15, -0.1) is 0 Å². The molecule has 1 aliphatic rings. The molecule has 2 aromatic heterocycles. The summed E-state index contributed by atoms with van der Waals surface area (Å²) in [5, 5.41) is 0. The van der Waals surface area contributed by atoms with Gasteiger partial charge in [0.2, 0.25) is 0 Å². The molecule has 3 rings (SSSR count). The lowest BCUT2D eigenvalue weighted by Gasteiger charge is -2.23. The molecule has 2 aromatic rings. The fourth-order valence-corrected chi connectivity index (χ4v) is 2.42. The Balaban J connectivity index is 2.14. The number of rotatable bonds is 2. The lowest BCUT2D eigenvalue weighted by atomic mass is 9.85. The van der Waals surface area contributed by atoms with E-state index in [4.69, 9.17) is 5.73 Å². The smallest absolute Gasteiger partial charge is 0.315 e. The van der Waals surface area contributed by atoms with Crippen molar-refractivity contribution >= 4 is 5.52 Å². The Morgan fingerprint density at radius 3 is 2.63 bits per heavy atom. The molecule has 0 bridgehead atoms. The predicted molar refractivity (Wildman–Crippen MR) is 64.8 cm³/mol. The highest BCUT2D eigenvalue weighted by molar-refractivity contribution is 5.55. The molecular weight excluding hydrogens is 255 g/mol. The molecule has 0 spiro atoms. The van der Waals surface area contributed by atoms with Crippen LogP contribution in [0.1, 0.15) is 42.7 Å². The first kappa shape index (κ1) is 12.5. The molecule has 0 radical (unpaired) electrons. The van der Waals surface area contributed by atoms with Gasteiger partial charge in [0, 0.05) is 12.1 Å². The molecule has 1 saturated carbocycles. The Bertz CT molecular complexity index is 599. The number of fused-ring (bicyclic) bond motifs is 1. The second-order valence-electron chi connectivity index (χ2n) is 4.96. The third-order valence-electron chi connectivity index (χ3n) is 3.72. The van der Waals surface area contributed by atoms with E-state index in [0.717, 1.165) is 19.3 Å². The molecule has 0 saturated heterocycles. The summed E-state index contributed by atoms with van der Waals surface area (Å²) >= 11 is 0. The normalized spacial score (nSPS) is 18.5. The van der Waals surface area contributed by atoms with Crippen molar-refractivity contribution in [3.8, 4) is 0 Å². The number of alkyl halides is 3. The quantitative estimate of drug-likeness (QED) is 0.910. The predicted octanol–water partition coefficient (Wildman–Crippen LogP) is 3.16. The molecule has 2 N–H and O–H groups in total. The van der Waals surface area contributed by atoms with Crippen LogP contribution in [0.2, 0.25) is 0 Å². The summed E-state index contributed by atoms with van der Waals surface area (Å²) in [5.41, 5.74) is 5.69. The zero-order valence-corrected chi connectivity index (χ0v) is 10.2. The van der Waals surface area contributed by atoms with E-state index in [9.17, 15) is 13.2 Å². The topological polar surface area (TPSA) is 43.3 Å². The summed E-state index contributed by atoms with van der Waals surface area (Å²) in [4.78, 5) is 4.20. The number of imidazole rings is 1. The molecule has 1 aliphatic carbocycles. The fraction of sp³-hybridized carbons (Fsp3) is 0.462. The van der Waals surface area contributed by atoms with Crippen molar-refractivity contribution in [3.05, 3.63) is 35.9 Å². The van der Waals surface area contributed by atoms with Gasteiger partial charge in [0.05, 0.1) is 11.2 Å². The Labute approximate surface area is 108 Å². The molecule has 1 atom stereocenters. The molecule has 102 valence electrons. The van der Waals surface area contributed by atoms with E-state index < -0.39 is 12.2 Å². The van der Waals surface area contributed by atoms with E-state index in [1.54, 1.807) is 28.8 Å². The van der Waals surface area contributed by atoms with Gasteiger partial charge in [0.15, 0.2) is 0 Å². The average Bonchev–Trinajstić information content (AvgIpc) is 2.65. The molecule has 6 heteroatoms.